The zero-order chi connectivity index (χ0) is 15.6. The number of nitrogens with zero attached hydrogens (tertiary/aromatic N) is 2. The van der Waals surface area contributed by atoms with Gasteiger partial charge < -0.3 is 10.3 Å². The van der Waals surface area contributed by atoms with E-state index in [0.29, 0.717) is 5.02 Å². The zero-order valence-electron chi connectivity index (χ0n) is 12.1. The molecule has 0 aliphatic rings. The third kappa shape index (κ3) is 2.76. The summed E-state index contributed by atoms with van der Waals surface area (Å²) in [5.74, 6) is 0.741. The van der Waals surface area contributed by atoms with Gasteiger partial charge >= 0.3 is 0 Å². The van der Waals surface area contributed by atoms with Crippen molar-refractivity contribution < 1.29 is 0 Å². The lowest BCUT2D eigenvalue weighted by molar-refractivity contribution is 1.31. The largest absolute Gasteiger partial charge is 0.354 e. The number of hydrogen-bond donors (Lipinski definition) is 2. The summed E-state index contributed by atoms with van der Waals surface area (Å²) in [4.78, 5) is 12.0. The first kappa shape index (κ1) is 13.8. The van der Waals surface area contributed by atoms with Gasteiger partial charge in [0.1, 0.15) is 5.82 Å². The Balaban J connectivity index is 1.70. The van der Waals surface area contributed by atoms with E-state index in [4.69, 9.17) is 11.6 Å². The number of aromatic amines is 1. The highest BCUT2D eigenvalue weighted by Crippen LogP contribution is 2.27. The molecule has 0 radical (unpaired) electrons. The van der Waals surface area contributed by atoms with Crippen LogP contribution < -0.4 is 5.32 Å². The Morgan fingerprint density at radius 1 is 1.00 bits per heavy atom. The molecule has 0 amide bonds. The summed E-state index contributed by atoms with van der Waals surface area (Å²) in [5, 5.41) is 4.95. The van der Waals surface area contributed by atoms with Gasteiger partial charge in [0.25, 0.3) is 0 Å². The Hall–Kier alpha value is -2.85. The second-order valence-electron chi connectivity index (χ2n) is 5.19. The van der Waals surface area contributed by atoms with E-state index in [1.807, 2.05) is 54.9 Å². The maximum Gasteiger partial charge on any atom is 0.132 e. The zero-order valence-corrected chi connectivity index (χ0v) is 12.9. The van der Waals surface area contributed by atoms with Crippen LogP contribution in [0.25, 0.3) is 22.2 Å². The molecule has 112 valence electrons. The standard InChI is InChI=1S/C18H13ClN4/c19-14-5-1-2-6-15(14)23-18-9-17-13(11-21-18)8-16(22-17)12-4-3-7-20-10-12/h1-11,22H,(H,21,23). The average Bonchev–Trinajstić information content (AvgIpc) is 3.01. The third-order valence-electron chi connectivity index (χ3n) is 3.61. The van der Waals surface area contributed by atoms with Crippen molar-refractivity contribution in [3.63, 3.8) is 0 Å². The fourth-order valence-electron chi connectivity index (χ4n) is 2.47. The Morgan fingerprint density at radius 2 is 1.91 bits per heavy atom. The molecule has 23 heavy (non-hydrogen) atoms. The highest BCUT2D eigenvalue weighted by atomic mass is 35.5. The number of H-pyrrole nitrogens is 1. The SMILES string of the molecule is Clc1ccccc1Nc1cc2[nH]c(-c3cccnc3)cc2cn1. The van der Waals surface area contributed by atoms with Gasteiger partial charge in [-0.25, -0.2) is 4.98 Å². The van der Waals surface area contributed by atoms with Crippen LogP contribution >= 0.6 is 11.6 Å². The molecule has 0 atom stereocenters. The highest BCUT2D eigenvalue weighted by Gasteiger charge is 2.06. The Labute approximate surface area is 138 Å². The number of para-hydroxylation sites is 1. The van der Waals surface area contributed by atoms with Crippen LogP contribution in [0.3, 0.4) is 0 Å². The highest BCUT2D eigenvalue weighted by molar-refractivity contribution is 6.33. The number of nitrogens with one attached hydrogen (secondary N) is 2. The lowest BCUT2D eigenvalue weighted by atomic mass is 10.2. The lowest BCUT2D eigenvalue weighted by Gasteiger charge is -2.07. The van der Waals surface area contributed by atoms with Crippen molar-refractivity contribution in [2.75, 3.05) is 5.32 Å². The summed E-state index contributed by atoms with van der Waals surface area (Å²) >= 11 is 6.17. The molecule has 1 aromatic carbocycles. The molecule has 0 aliphatic heterocycles. The van der Waals surface area contributed by atoms with Crippen molar-refractivity contribution in [3.05, 3.63) is 72.1 Å². The van der Waals surface area contributed by atoms with Gasteiger partial charge in [0, 0.05) is 41.3 Å². The minimum Gasteiger partial charge on any atom is -0.354 e. The molecular weight excluding hydrogens is 308 g/mol. The molecule has 0 spiro atoms. The third-order valence-corrected chi connectivity index (χ3v) is 3.94. The molecule has 0 unspecified atom stereocenters. The van der Waals surface area contributed by atoms with Crippen molar-refractivity contribution >= 4 is 34.0 Å². The molecule has 0 aliphatic carbocycles. The van der Waals surface area contributed by atoms with Crippen LogP contribution in [0, 0.1) is 0 Å². The summed E-state index contributed by atoms with van der Waals surface area (Å²) < 4.78 is 0. The van der Waals surface area contributed by atoms with Gasteiger partial charge in [0.05, 0.1) is 16.2 Å². The Morgan fingerprint density at radius 3 is 2.74 bits per heavy atom. The summed E-state index contributed by atoms with van der Waals surface area (Å²) in [7, 11) is 0. The van der Waals surface area contributed by atoms with Crippen molar-refractivity contribution in [1.82, 2.24) is 15.0 Å². The first-order valence-electron chi connectivity index (χ1n) is 7.20. The molecular formula is C18H13ClN4. The number of benzene rings is 1. The molecule has 0 fully saturated rings. The van der Waals surface area contributed by atoms with E-state index in [1.54, 1.807) is 6.20 Å². The van der Waals surface area contributed by atoms with E-state index in [0.717, 1.165) is 33.7 Å². The second-order valence-corrected chi connectivity index (χ2v) is 5.59. The van der Waals surface area contributed by atoms with Crippen LogP contribution in [0.1, 0.15) is 0 Å². The molecule has 3 heterocycles. The van der Waals surface area contributed by atoms with E-state index < -0.39 is 0 Å². The molecule has 0 saturated carbocycles. The minimum absolute atomic E-state index is 0.664. The molecule has 0 bridgehead atoms. The first-order valence-corrected chi connectivity index (χ1v) is 7.58. The van der Waals surface area contributed by atoms with Gasteiger partial charge in [-0.3, -0.25) is 4.98 Å². The van der Waals surface area contributed by atoms with Gasteiger partial charge in [-0.05, 0) is 30.3 Å². The predicted molar refractivity (Wildman–Crippen MR) is 94.1 cm³/mol. The van der Waals surface area contributed by atoms with E-state index >= 15 is 0 Å². The van der Waals surface area contributed by atoms with Crippen LogP contribution in [0.4, 0.5) is 11.5 Å². The van der Waals surface area contributed by atoms with E-state index in [-0.39, 0.29) is 0 Å². The van der Waals surface area contributed by atoms with E-state index in [1.165, 1.54) is 0 Å². The minimum atomic E-state index is 0.664. The molecule has 2 N–H and O–H groups in total. The molecule has 4 aromatic rings. The topological polar surface area (TPSA) is 53.6 Å². The second kappa shape index (κ2) is 5.74. The summed E-state index contributed by atoms with van der Waals surface area (Å²) in [6, 6.07) is 15.6. The maximum absolute atomic E-state index is 6.17. The van der Waals surface area contributed by atoms with Crippen molar-refractivity contribution in [1.29, 1.82) is 0 Å². The monoisotopic (exact) mass is 320 g/mol. The first-order chi connectivity index (χ1) is 11.3. The van der Waals surface area contributed by atoms with Crippen molar-refractivity contribution in [2.24, 2.45) is 0 Å². The lowest BCUT2D eigenvalue weighted by Crippen LogP contribution is -1.93. The Bertz CT molecular complexity index is 963. The van der Waals surface area contributed by atoms with E-state index in [9.17, 15) is 0 Å². The maximum atomic E-state index is 6.17. The van der Waals surface area contributed by atoms with Crippen molar-refractivity contribution in [3.8, 4) is 11.3 Å². The number of aromatic nitrogens is 3. The molecule has 0 saturated heterocycles. The molecule has 4 rings (SSSR count). The van der Waals surface area contributed by atoms with Crippen LogP contribution in [-0.4, -0.2) is 15.0 Å². The predicted octanol–water partition coefficient (Wildman–Crippen LogP) is 5.02. The molecule has 4 nitrogen and oxygen atoms in total. The summed E-state index contributed by atoms with van der Waals surface area (Å²) in [6.45, 7) is 0. The van der Waals surface area contributed by atoms with E-state index in [2.05, 4.69) is 26.3 Å². The van der Waals surface area contributed by atoms with Crippen LogP contribution in [0.15, 0.2) is 67.1 Å². The normalized spacial score (nSPS) is 10.8. The number of anilines is 2. The van der Waals surface area contributed by atoms with Gasteiger partial charge in [0.15, 0.2) is 0 Å². The van der Waals surface area contributed by atoms with Crippen LogP contribution in [0.5, 0.6) is 0 Å². The van der Waals surface area contributed by atoms with Gasteiger partial charge in [-0.15, -0.1) is 0 Å². The van der Waals surface area contributed by atoms with Crippen molar-refractivity contribution in [2.45, 2.75) is 0 Å². The number of halogens is 1. The number of hydrogen-bond acceptors (Lipinski definition) is 3. The molecule has 3 aromatic heterocycles. The molecule has 5 heteroatoms. The summed E-state index contributed by atoms with van der Waals surface area (Å²) in [5.41, 5.74) is 3.91. The smallest absolute Gasteiger partial charge is 0.132 e. The van der Waals surface area contributed by atoms with Gasteiger partial charge in [-0.1, -0.05) is 23.7 Å². The van der Waals surface area contributed by atoms with Crippen LogP contribution in [-0.2, 0) is 0 Å². The number of fused-ring (bicyclic) bond motifs is 1. The summed E-state index contributed by atoms with van der Waals surface area (Å²) in [6.07, 6.45) is 5.44. The fraction of sp³-hybridized carbons (Fsp3) is 0. The number of rotatable bonds is 3. The Kier molecular flexibility index (Phi) is 3.44. The van der Waals surface area contributed by atoms with Gasteiger partial charge in [0.2, 0.25) is 0 Å². The van der Waals surface area contributed by atoms with Crippen LogP contribution in [0.2, 0.25) is 5.02 Å². The number of pyridine rings is 2. The average molecular weight is 321 g/mol. The van der Waals surface area contributed by atoms with Gasteiger partial charge in [-0.2, -0.15) is 0 Å². The quantitative estimate of drug-likeness (QED) is 0.557. The fourth-order valence-corrected chi connectivity index (χ4v) is 2.66.